The van der Waals surface area contributed by atoms with E-state index in [1.54, 1.807) is 0 Å². The van der Waals surface area contributed by atoms with Crippen molar-refractivity contribution >= 4 is 11.9 Å². The maximum Gasteiger partial charge on any atom is 0.306 e. The summed E-state index contributed by atoms with van der Waals surface area (Å²) in [6.45, 7) is 4.08. The molecule has 0 aromatic heterocycles. The Labute approximate surface area is 309 Å². The average Bonchev–Trinajstić information content (AvgIpc) is 3.12. The molecule has 0 fully saturated rings. The molecule has 290 valence electrons. The van der Waals surface area contributed by atoms with E-state index >= 15 is 0 Å². The molecule has 0 aromatic rings. The maximum absolute atomic E-state index is 12.2. The van der Waals surface area contributed by atoms with E-state index in [4.69, 9.17) is 9.47 Å². The van der Waals surface area contributed by atoms with Gasteiger partial charge in [0.05, 0.1) is 6.61 Å². The van der Waals surface area contributed by atoms with Crippen LogP contribution in [-0.4, -0.2) is 36.4 Å². The monoisotopic (exact) mass is 701 g/mol. The molecule has 5 heteroatoms. The molecule has 0 spiro atoms. The SMILES string of the molecule is CCCCCC=CCC=CCCCCCCCCCCCC(=O)OC(CO)COC(=O)CCCCCCCCCC=CCC=CCCCCC. The van der Waals surface area contributed by atoms with Crippen LogP contribution in [0.5, 0.6) is 0 Å². The van der Waals surface area contributed by atoms with Crippen molar-refractivity contribution in [3.63, 3.8) is 0 Å². The fourth-order valence-electron chi connectivity index (χ4n) is 5.85. The van der Waals surface area contributed by atoms with Crippen LogP contribution in [0.1, 0.15) is 206 Å². The first-order valence-electron chi connectivity index (χ1n) is 21.2. The van der Waals surface area contributed by atoms with Gasteiger partial charge in [0.1, 0.15) is 6.61 Å². The van der Waals surface area contributed by atoms with Crippen LogP contribution in [0.4, 0.5) is 0 Å². The van der Waals surface area contributed by atoms with E-state index in [9.17, 15) is 14.7 Å². The van der Waals surface area contributed by atoms with E-state index in [0.717, 1.165) is 57.8 Å². The summed E-state index contributed by atoms with van der Waals surface area (Å²) < 4.78 is 10.6. The van der Waals surface area contributed by atoms with E-state index in [0.29, 0.717) is 12.8 Å². The van der Waals surface area contributed by atoms with Gasteiger partial charge in [-0.25, -0.2) is 0 Å². The van der Waals surface area contributed by atoms with Gasteiger partial charge in [-0.15, -0.1) is 0 Å². The number of hydrogen-bond acceptors (Lipinski definition) is 5. The summed E-state index contributed by atoms with van der Waals surface area (Å²) >= 11 is 0. The van der Waals surface area contributed by atoms with Gasteiger partial charge in [-0.1, -0.05) is 165 Å². The van der Waals surface area contributed by atoms with Crippen LogP contribution in [0.15, 0.2) is 48.6 Å². The first-order valence-corrected chi connectivity index (χ1v) is 21.2. The Kier molecular flexibility index (Phi) is 39.5. The molecular weight excluding hydrogens is 620 g/mol. The molecule has 5 nitrogen and oxygen atoms in total. The number of allylic oxidation sites excluding steroid dienone is 8. The first kappa shape index (κ1) is 47.9. The van der Waals surface area contributed by atoms with Crippen LogP contribution in [-0.2, 0) is 19.1 Å². The van der Waals surface area contributed by atoms with Gasteiger partial charge in [-0.2, -0.15) is 0 Å². The van der Waals surface area contributed by atoms with Crippen molar-refractivity contribution in [2.45, 2.75) is 213 Å². The van der Waals surface area contributed by atoms with Crippen molar-refractivity contribution < 1.29 is 24.2 Å². The third-order valence-corrected chi connectivity index (χ3v) is 9.10. The second-order valence-corrected chi connectivity index (χ2v) is 14.1. The Morgan fingerprint density at radius 1 is 0.460 bits per heavy atom. The fraction of sp³-hybridized carbons (Fsp3) is 0.778. The molecule has 0 rings (SSSR count). The first-order chi connectivity index (χ1) is 24.6. The van der Waals surface area contributed by atoms with Crippen LogP contribution in [0.2, 0.25) is 0 Å². The van der Waals surface area contributed by atoms with E-state index in [1.165, 1.54) is 122 Å². The number of esters is 2. The number of aliphatic hydroxyl groups is 1. The Balaban J connectivity index is 3.56. The Morgan fingerprint density at radius 3 is 1.18 bits per heavy atom. The quantitative estimate of drug-likeness (QED) is 0.0394. The molecule has 0 radical (unpaired) electrons. The van der Waals surface area contributed by atoms with Crippen molar-refractivity contribution in [2.24, 2.45) is 0 Å². The number of hydrogen-bond donors (Lipinski definition) is 1. The molecule has 0 heterocycles. The standard InChI is InChI=1S/C45H80O5/c1-3-5-7-9-11-13-15-17-19-21-22-24-26-28-30-32-34-36-38-40-45(48)50-43(41-46)42-49-44(47)39-37-35-33-31-29-27-25-23-20-18-16-14-12-10-8-6-4-2/h11-14,17-20,43,46H,3-10,15-16,21-42H2,1-2H3. The second-order valence-electron chi connectivity index (χ2n) is 14.1. The van der Waals surface area contributed by atoms with Gasteiger partial charge >= 0.3 is 11.9 Å². The zero-order valence-corrected chi connectivity index (χ0v) is 32.9. The van der Waals surface area contributed by atoms with E-state index < -0.39 is 6.10 Å². The Bertz CT molecular complexity index is 842. The molecule has 0 saturated carbocycles. The summed E-state index contributed by atoms with van der Waals surface area (Å²) in [5.41, 5.74) is 0. The van der Waals surface area contributed by atoms with E-state index in [-0.39, 0.29) is 25.2 Å². The number of carbonyl (C=O) groups excluding carboxylic acids is 2. The predicted octanol–water partition coefficient (Wildman–Crippen LogP) is 13.4. The number of ether oxygens (including phenoxy) is 2. The topological polar surface area (TPSA) is 72.8 Å². The second kappa shape index (κ2) is 41.3. The van der Waals surface area contributed by atoms with Gasteiger partial charge in [-0.3, -0.25) is 9.59 Å². The van der Waals surface area contributed by atoms with Gasteiger partial charge < -0.3 is 14.6 Å². The summed E-state index contributed by atoms with van der Waals surface area (Å²) in [5.74, 6) is -0.603. The van der Waals surface area contributed by atoms with Crippen molar-refractivity contribution in [2.75, 3.05) is 13.2 Å². The van der Waals surface area contributed by atoms with Crippen LogP contribution >= 0.6 is 0 Å². The summed E-state index contributed by atoms with van der Waals surface area (Å²) in [5, 5.41) is 9.57. The van der Waals surface area contributed by atoms with E-state index in [2.05, 4.69) is 62.5 Å². The number of rotatable bonds is 38. The molecule has 0 amide bonds. The fourth-order valence-corrected chi connectivity index (χ4v) is 5.85. The zero-order chi connectivity index (χ0) is 36.4. The molecule has 0 aliphatic rings. The molecule has 1 N–H and O–H groups in total. The lowest BCUT2D eigenvalue weighted by molar-refractivity contribution is -0.161. The Morgan fingerprint density at radius 2 is 0.800 bits per heavy atom. The minimum absolute atomic E-state index is 0.0718. The van der Waals surface area contributed by atoms with Crippen LogP contribution in [0.3, 0.4) is 0 Å². The molecule has 1 unspecified atom stereocenters. The number of unbranched alkanes of at least 4 members (excludes halogenated alkanes) is 22. The lowest BCUT2D eigenvalue weighted by atomic mass is 10.1. The molecule has 0 bridgehead atoms. The molecule has 0 aromatic carbocycles. The minimum Gasteiger partial charge on any atom is -0.462 e. The third-order valence-electron chi connectivity index (χ3n) is 9.10. The maximum atomic E-state index is 12.2. The van der Waals surface area contributed by atoms with Crippen molar-refractivity contribution in [3.8, 4) is 0 Å². The highest BCUT2D eigenvalue weighted by molar-refractivity contribution is 5.70. The summed E-state index contributed by atoms with van der Waals surface area (Å²) in [4.78, 5) is 24.3. The normalized spacial score (nSPS) is 12.6. The van der Waals surface area contributed by atoms with E-state index in [1.807, 2.05) is 0 Å². The van der Waals surface area contributed by atoms with Gasteiger partial charge in [0, 0.05) is 12.8 Å². The molecule has 0 saturated heterocycles. The molecular formula is C45H80O5. The Hall–Kier alpha value is -2.14. The van der Waals surface area contributed by atoms with Gasteiger partial charge in [0.2, 0.25) is 0 Å². The van der Waals surface area contributed by atoms with Crippen LogP contribution in [0, 0.1) is 0 Å². The summed E-state index contributed by atoms with van der Waals surface area (Å²) in [6, 6.07) is 0. The lowest BCUT2D eigenvalue weighted by Gasteiger charge is -2.15. The minimum atomic E-state index is -0.777. The number of aliphatic hydroxyl groups excluding tert-OH is 1. The molecule has 0 aliphatic heterocycles. The van der Waals surface area contributed by atoms with Gasteiger partial charge in [0.15, 0.2) is 6.10 Å². The zero-order valence-electron chi connectivity index (χ0n) is 32.9. The molecule has 50 heavy (non-hydrogen) atoms. The lowest BCUT2D eigenvalue weighted by Crippen LogP contribution is -2.28. The molecule has 1 atom stereocenters. The van der Waals surface area contributed by atoms with Crippen molar-refractivity contribution in [1.29, 1.82) is 0 Å². The highest BCUT2D eigenvalue weighted by Gasteiger charge is 2.16. The van der Waals surface area contributed by atoms with Crippen molar-refractivity contribution in [1.82, 2.24) is 0 Å². The highest BCUT2D eigenvalue weighted by atomic mass is 16.6. The van der Waals surface area contributed by atoms with Gasteiger partial charge in [-0.05, 0) is 77.0 Å². The third kappa shape index (κ3) is 38.7. The summed E-state index contributed by atoms with van der Waals surface area (Å²) in [6.07, 6.45) is 51.7. The largest absolute Gasteiger partial charge is 0.462 e. The van der Waals surface area contributed by atoms with Crippen molar-refractivity contribution in [3.05, 3.63) is 48.6 Å². The summed E-state index contributed by atoms with van der Waals surface area (Å²) in [7, 11) is 0. The highest BCUT2D eigenvalue weighted by Crippen LogP contribution is 2.14. The predicted molar refractivity (Wildman–Crippen MR) is 214 cm³/mol. The number of carbonyl (C=O) groups is 2. The smallest absolute Gasteiger partial charge is 0.306 e. The molecule has 0 aliphatic carbocycles. The van der Waals surface area contributed by atoms with Crippen LogP contribution < -0.4 is 0 Å². The van der Waals surface area contributed by atoms with Crippen LogP contribution in [0.25, 0.3) is 0 Å². The van der Waals surface area contributed by atoms with Gasteiger partial charge in [0.25, 0.3) is 0 Å². The average molecular weight is 701 g/mol.